The first-order chi connectivity index (χ1) is 9.72. The Balaban J connectivity index is 1.69. The van der Waals surface area contributed by atoms with Gasteiger partial charge in [-0.15, -0.1) is 0 Å². The van der Waals surface area contributed by atoms with Crippen LogP contribution in [0.1, 0.15) is 41.9 Å². The molecule has 1 aromatic heterocycles. The van der Waals surface area contributed by atoms with Crippen LogP contribution in [0.25, 0.3) is 0 Å². The van der Waals surface area contributed by atoms with E-state index in [9.17, 15) is 4.79 Å². The Bertz CT molecular complexity index is 463. The predicted molar refractivity (Wildman–Crippen MR) is 76.4 cm³/mol. The number of aryl methyl sites for hydroxylation is 1. The van der Waals surface area contributed by atoms with Crippen molar-refractivity contribution in [3.63, 3.8) is 0 Å². The van der Waals surface area contributed by atoms with Gasteiger partial charge in [0.05, 0.1) is 11.9 Å². The Morgan fingerprint density at radius 2 is 2.15 bits per heavy atom. The van der Waals surface area contributed by atoms with Crippen LogP contribution in [0.15, 0.2) is 12.4 Å². The maximum Gasteiger partial charge on any atom is 0.274 e. The molecule has 5 nitrogen and oxygen atoms in total. The number of carbonyl (C=O) groups is 1. The average Bonchev–Trinajstić information content (AvgIpc) is 3.12. The van der Waals surface area contributed by atoms with Gasteiger partial charge in [-0.3, -0.25) is 9.78 Å². The molecule has 1 aromatic rings. The Kier molecular flexibility index (Phi) is 3.96. The summed E-state index contributed by atoms with van der Waals surface area (Å²) in [5.41, 5.74) is 1.31. The van der Waals surface area contributed by atoms with E-state index in [1.165, 1.54) is 19.3 Å². The summed E-state index contributed by atoms with van der Waals surface area (Å²) >= 11 is 0. The zero-order valence-electron chi connectivity index (χ0n) is 12.0. The van der Waals surface area contributed by atoms with E-state index in [-0.39, 0.29) is 5.91 Å². The van der Waals surface area contributed by atoms with Crippen molar-refractivity contribution in [3.05, 3.63) is 23.8 Å². The van der Waals surface area contributed by atoms with Crippen molar-refractivity contribution < 1.29 is 4.79 Å². The second kappa shape index (κ2) is 5.87. The lowest BCUT2D eigenvalue weighted by Crippen LogP contribution is -2.42. The summed E-state index contributed by atoms with van der Waals surface area (Å²) in [5, 5.41) is 3.47. The molecule has 0 bridgehead atoms. The fraction of sp³-hybridized carbons (Fsp3) is 0.667. The molecule has 2 heterocycles. The molecule has 2 fully saturated rings. The maximum atomic E-state index is 12.6. The van der Waals surface area contributed by atoms with Gasteiger partial charge in [0, 0.05) is 25.3 Å². The molecule has 5 heteroatoms. The van der Waals surface area contributed by atoms with Crippen LogP contribution in [-0.2, 0) is 0 Å². The SMILES string of the molecule is Cc1cnc(C(=O)N(CC2CC2)CC2CCCN2)cn1. The molecule has 1 aliphatic heterocycles. The van der Waals surface area contributed by atoms with Gasteiger partial charge < -0.3 is 10.2 Å². The van der Waals surface area contributed by atoms with Crippen LogP contribution in [-0.4, -0.2) is 46.5 Å². The number of hydrogen-bond acceptors (Lipinski definition) is 4. The summed E-state index contributed by atoms with van der Waals surface area (Å²) in [6, 6.07) is 0.441. The molecule has 0 spiro atoms. The molecule has 1 N–H and O–H groups in total. The maximum absolute atomic E-state index is 12.6. The Hall–Kier alpha value is -1.49. The van der Waals surface area contributed by atoms with Crippen molar-refractivity contribution in [1.29, 1.82) is 0 Å². The summed E-state index contributed by atoms with van der Waals surface area (Å²) in [5.74, 6) is 0.719. The van der Waals surface area contributed by atoms with Gasteiger partial charge in [-0.05, 0) is 45.1 Å². The lowest BCUT2D eigenvalue weighted by molar-refractivity contribution is 0.0727. The van der Waals surface area contributed by atoms with Gasteiger partial charge in [0.1, 0.15) is 5.69 Å². The van der Waals surface area contributed by atoms with Gasteiger partial charge >= 0.3 is 0 Å². The molecule has 1 atom stereocenters. The van der Waals surface area contributed by atoms with E-state index in [1.807, 2.05) is 11.8 Å². The van der Waals surface area contributed by atoms with Crippen molar-refractivity contribution in [3.8, 4) is 0 Å². The minimum absolute atomic E-state index is 0.0260. The van der Waals surface area contributed by atoms with Gasteiger partial charge in [0.25, 0.3) is 5.91 Å². The molecule has 1 amide bonds. The summed E-state index contributed by atoms with van der Waals surface area (Å²) < 4.78 is 0. The van der Waals surface area contributed by atoms with Crippen LogP contribution >= 0.6 is 0 Å². The quantitative estimate of drug-likeness (QED) is 0.881. The topological polar surface area (TPSA) is 58.1 Å². The first-order valence-electron chi connectivity index (χ1n) is 7.53. The third-order valence-corrected chi connectivity index (χ3v) is 4.07. The summed E-state index contributed by atoms with van der Waals surface area (Å²) in [7, 11) is 0. The lowest BCUT2D eigenvalue weighted by atomic mass is 10.2. The van der Waals surface area contributed by atoms with E-state index in [1.54, 1.807) is 12.4 Å². The van der Waals surface area contributed by atoms with Crippen LogP contribution < -0.4 is 5.32 Å². The number of nitrogens with zero attached hydrogens (tertiary/aromatic N) is 3. The third kappa shape index (κ3) is 3.33. The van der Waals surface area contributed by atoms with Crippen LogP contribution in [0.2, 0.25) is 0 Å². The lowest BCUT2D eigenvalue weighted by Gasteiger charge is -2.25. The van der Waals surface area contributed by atoms with Crippen molar-refractivity contribution in [2.75, 3.05) is 19.6 Å². The van der Waals surface area contributed by atoms with Gasteiger partial charge in [-0.25, -0.2) is 4.98 Å². The second-order valence-electron chi connectivity index (χ2n) is 5.99. The molecule has 0 aromatic carbocycles. The molecule has 20 heavy (non-hydrogen) atoms. The van der Waals surface area contributed by atoms with Crippen LogP contribution in [0.3, 0.4) is 0 Å². The molecule has 1 aliphatic carbocycles. The van der Waals surface area contributed by atoms with Crippen molar-refractivity contribution in [2.45, 2.75) is 38.6 Å². The minimum atomic E-state index is 0.0260. The van der Waals surface area contributed by atoms with Gasteiger partial charge in [0.2, 0.25) is 0 Å². The number of rotatable bonds is 5. The monoisotopic (exact) mass is 274 g/mol. The van der Waals surface area contributed by atoms with E-state index in [0.29, 0.717) is 17.7 Å². The zero-order chi connectivity index (χ0) is 13.9. The van der Waals surface area contributed by atoms with Crippen LogP contribution in [0, 0.1) is 12.8 Å². The number of carbonyl (C=O) groups excluding carboxylic acids is 1. The fourth-order valence-corrected chi connectivity index (χ4v) is 2.70. The first-order valence-corrected chi connectivity index (χ1v) is 7.53. The zero-order valence-corrected chi connectivity index (χ0v) is 12.0. The highest BCUT2D eigenvalue weighted by molar-refractivity contribution is 5.92. The number of hydrogen-bond donors (Lipinski definition) is 1. The standard InChI is InChI=1S/C15H22N4O/c1-11-7-18-14(8-17-11)15(20)19(9-12-4-5-12)10-13-3-2-6-16-13/h7-8,12-13,16H,2-6,9-10H2,1H3. The number of aromatic nitrogens is 2. The van der Waals surface area contributed by atoms with Crippen molar-refractivity contribution >= 4 is 5.91 Å². The molecule has 1 unspecified atom stereocenters. The highest BCUT2D eigenvalue weighted by Gasteiger charge is 2.30. The van der Waals surface area contributed by atoms with Crippen LogP contribution in [0.4, 0.5) is 0 Å². The number of nitrogens with one attached hydrogen (secondary N) is 1. The number of amides is 1. The van der Waals surface area contributed by atoms with Crippen molar-refractivity contribution in [1.82, 2.24) is 20.2 Å². The first kappa shape index (κ1) is 13.5. The molecule has 3 rings (SSSR count). The molecular formula is C15H22N4O. The normalized spacial score (nSPS) is 21.9. The van der Waals surface area contributed by atoms with E-state index < -0.39 is 0 Å². The Labute approximate surface area is 119 Å². The minimum Gasteiger partial charge on any atom is -0.335 e. The molecule has 1 saturated carbocycles. The van der Waals surface area contributed by atoms with Crippen molar-refractivity contribution in [2.24, 2.45) is 5.92 Å². The third-order valence-electron chi connectivity index (χ3n) is 4.07. The van der Waals surface area contributed by atoms with Gasteiger partial charge in [-0.1, -0.05) is 0 Å². The summed E-state index contributed by atoms with van der Waals surface area (Å²) in [6.45, 7) is 4.61. The summed E-state index contributed by atoms with van der Waals surface area (Å²) in [4.78, 5) is 23.0. The molecular weight excluding hydrogens is 252 g/mol. The molecule has 1 saturated heterocycles. The predicted octanol–water partition coefficient (Wildman–Crippen LogP) is 1.39. The molecule has 108 valence electrons. The van der Waals surface area contributed by atoms with Crippen LogP contribution in [0.5, 0.6) is 0 Å². The highest BCUT2D eigenvalue weighted by Crippen LogP contribution is 2.30. The van der Waals surface area contributed by atoms with Gasteiger partial charge in [0.15, 0.2) is 0 Å². The molecule has 2 aliphatic rings. The van der Waals surface area contributed by atoms with E-state index in [4.69, 9.17) is 0 Å². The van der Waals surface area contributed by atoms with E-state index in [2.05, 4.69) is 15.3 Å². The summed E-state index contributed by atoms with van der Waals surface area (Å²) in [6.07, 6.45) is 8.13. The Morgan fingerprint density at radius 1 is 1.30 bits per heavy atom. The van der Waals surface area contributed by atoms with E-state index in [0.717, 1.165) is 31.7 Å². The van der Waals surface area contributed by atoms with E-state index >= 15 is 0 Å². The fourth-order valence-electron chi connectivity index (χ4n) is 2.70. The molecule has 0 radical (unpaired) electrons. The largest absolute Gasteiger partial charge is 0.335 e. The average molecular weight is 274 g/mol. The van der Waals surface area contributed by atoms with Gasteiger partial charge in [-0.2, -0.15) is 0 Å². The smallest absolute Gasteiger partial charge is 0.274 e. The second-order valence-corrected chi connectivity index (χ2v) is 5.99. The highest BCUT2D eigenvalue weighted by atomic mass is 16.2. The Morgan fingerprint density at radius 3 is 2.75 bits per heavy atom.